The molecule has 0 aromatic rings. The van der Waals surface area contributed by atoms with Gasteiger partial charge in [-0.3, -0.25) is 8.42 Å². The molecule has 0 aliphatic heterocycles. The standard InChI is InChI=1S/3C2H7NO.ClH.H2O4S/c3*3-1-2-4;;1-5(2,3)4/h3*4H,1-3H2;1H;(H2,1,2,3,4). The summed E-state index contributed by atoms with van der Waals surface area (Å²) in [6, 6.07) is 0. The summed E-state index contributed by atoms with van der Waals surface area (Å²) in [6.07, 6.45) is 0. The Morgan fingerprint density at radius 3 is 0.833 bits per heavy atom. The molecule has 0 radical (unpaired) electrons. The fraction of sp³-hybridized carbons (Fsp3) is 1.00. The minimum atomic E-state index is -5.17. The van der Waals surface area contributed by atoms with Crippen molar-refractivity contribution in [1.82, 2.24) is 0 Å². The molecule has 0 aromatic heterocycles. The number of hydrogen-bond donors (Lipinski definition) is 6. The molecule has 0 unspecified atom stereocenters. The van der Waals surface area contributed by atoms with Gasteiger partial charge in [-0.05, 0) is 0 Å². The molecule has 0 saturated heterocycles. The van der Waals surface area contributed by atoms with Crippen LogP contribution in [0, 0.1) is 0 Å². The van der Waals surface area contributed by atoms with Gasteiger partial charge in [0, 0.05) is 10.4 Å². The first-order valence-electron chi connectivity index (χ1n) is 4.62. The minimum Gasteiger partial charge on any atom is -1.00 e. The van der Waals surface area contributed by atoms with Crippen LogP contribution in [0.4, 0.5) is 0 Å². The molecule has 12 N–H and O–H groups in total. The molecular weight excluding hydrogens is 294 g/mol. The monoisotopic (exact) mass is 317 g/mol. The van der Waals surface area contributed by atoms with Crippen LogP contribution in [0.25, 0.3) is 0 Å². The molecule has 0 aliphatic rings. The summed E-state index contributed by atoms with van der Waals surface area (Å²) in [6.45, 7) is 2.50. The number of halogens is 1. The number of aliphatic hydroxyl groups is 3. The zero-order valence-corrected chi connectivity index (χ0v) is 11.7. The Kier molecular flexibility index (Phi) is 51.5. The number of hydrogen-bond acceptors (Lipinski definition) is 7. The van der Waals surface area contributed by atoms with Gasteiger partial charge in [0.1, 0.15) is 0 Å². The summed E-state index contributed by atoms with van der Waals surface area (Å²) in [5.74, 6) is 0. The van der Waals surface area contributed by atoms with E-state index in [0.29, 0.717) is 19.6 Å². The highest BCUT2D eigenvalue weighted by molar-refractivity contribution is 7.79. The smallest absolute Gasteiger partial charge is 0.0974 e. The lowest BCUT2D eigenvalue weighted by atomic mass is 10.8. The average molecular weight is 318 g/mol. The van der Waals surface area contributed by atoms with Crippen molar-refractivity contribution in [2.75, 3.05) is 39.5 Å². The molecule has 0 fully saturated rings. The van der Waals surface area contributed by atoms with Crippen LogP contribution in [-0.4, -0.2) is 72.3 Å². The number of quaternary nitrogens is 3. The van der Waals surface area contributed by atoms with Gasteiger partial charge in [0.2, 0.25) is 0 Å². The summed E-state index contributed by atoms with van der Waals surface area (Å²) in [4.78, 5) is 0. The second-order valence-corrected chi connectivity index (χ2v) is 2.96. The molecule has 0 atom stereocenters. The minimum absolute atomic E-state index is 0. The first-order valence-corrected chi connectivity index (χ1v) is 5.95. The van der Waals surface area contributed by atoms with E-state index >= 15 is 0 Å². The van der Waals surface area contributed by atoms with E-state index in [1.54, 1.807) is 0 Å². The zero-order chi connectivity index (χ0) is 14.7. The second kappa shape index (κ2) is 30.2. The topological polar surface area (TPSA) is 224 Å². The maximum absolute atomic E-state index is 8.52. The Labute approximate surface area is 113 Å². The molecule has 12 heteroatoms. The molecule has 0 aromatic carbocycles. The lowest BCUT2D eigenvalue weighted by molar-refractivity contribution is -0.372. The van der Waals surface area contributed by atoms with Crippen molar-refractivity contribution in [3.8, 4) is 0 Å². The summed E-state index contributed by atoms with van der Waals surface area (Å²) >= 11 is 0. The van der Waals surface area contributed by atoms with E-state index in [1.807, 2.05) is 0 Å². The van der Waals surface area contributed by atoms with Crippen LogP contribution >= 0.6 is 0 Å². The van der Waals surface area contributed by atoms with Crippen LogP contribution in [-0.2, 0) is 10.4 Å². The largest absolute Gasteiger partial charge is 1.00 e. The van der Waals surface area contributed by atoms with Gasteiger partial charge in [-0.25, -0.2) is 0 Å². The van der Waals surface area contributed by atoms with E-state index in [0.717, 1.165) is 0 Å². The predicted molar refractivity (Wildman–Crippen MR) is 55.0 cm³/mol. The number of aliphatic hydroxyl groups excluding tert-OH is 3. The zero-order valence-electron chi connectivity index (χ0n) is 10.1. The van der Waals surface area contributed by atoms with E-state index in [9.17, 15) is 0 Å². The van der Waals surface area contributed by atoms with Crippen LogP contribution in [0.2, 0.25) is 0 Å². The van der Waals surface area contributed by atoms with Crippen molar-refractivity contribution < 1.29 is 62.5 Å². The molecule has 0 aliphatic carbocycles. The molecule has 0 bridgehead atoms. The normalized spacial score (nSPS) is 8.22. The lowest BCUT2D eigenvalue weighted by Gasteiger charge is -2.06. The van der Waals surface area contributed by atoms with Crippen LogP contribution in [0.5, 0.6) is 0 Å². The number of rotatable bonds is 3. The summed E-state index contributed by atoms with van der Waals surface area (Å²) in [7, 11) is -5.17. The Bertz CT molecular complexity index is 170. The van der Waals surface area contributed by atoms with Gasteiger partial charge >= 0.3 is 0 Å². The van der Waals surface area contributed by atoms with E-state index in [4.69, 9.17) is 32.8 Å². The van der Waals surface area contributed by atoms with Crippen LogP contribution in [0.15, 0.2) is 0 Å². The van der Waals surface area contributed by atoms with Crippen molar-refractivity contribution >= 4 is 10.4 Å². The van der Waals surface area contributed by atoms with Crippen LogP contribution < -0.4 is 29.6 Å². The molecule has 118 valence electrons. The third-order valence-corrected chi connectivity index (χ3v) is 0.474. The Morgan fingerprint density at radius 1 is 0.778 bits per heavy atom. The molecule has 0 rings (SSSR count). The third kappa shape index (κ3) is 416. The van der Waals surface area contributed by atoms with Gasteiger partial charge < -0.3 is 54.0 Å². The van der Waals surface area contributed by atoms with Crippen molar-refractivity contribution in [3.63, 3.8) is 0 Å². The second-order valence-electron chi connectivity index (χ2n) is 2.14. The first kappa shape index (κ1) is 30.7. The molecule has 0 saturated carbocycles. The Balaban J connectivity index is -0.0000000412. The summed E-state index contributed by atoms with van der Waals surface area (Å²) < 4.78 is 34.1. The molecule has 0 amide bonds. The first-order chi connectivity index (χ1) is 7.74. The fourth-order valence-electron chi connectivity index (χ4n) is 0. The summed E-state index contributed by atoms with van der Waals surface area (Å²) in [5, 5.41) is 23.4. The average Bonchev–Trinajstić information content (AvgIpc) is 2.27. The molecule has 0 heterocycles. The van der Waals surface area contributed by atoms with E-state index in [2.05, 4.69) is 17.2 Å². The highest BCUT2D eigenvalue weighted by Crippen LogP contribution is 1.57. The molecular formula is C6H24ClN3O7S. The quantitative estimate of drug-likeness (QED) is 0.217. The fourth-order valence-corrected chi connectivity index (χ4v) is 0. The van der Waals surface area contributed by atoms with Gasteiger partial charge in [0.05, 0.1) is 39.5 Å². The van der Waals surface area contributed by atoms with Gasteiger partial charge in [-0.1, -0.05) is 0 Å². The molecule has 10 nitrogen and oxygen atoms in total. The SMILES string of the molecule is O=S(=O)([O-])[O-].[Cl-].[NH3+]CCO.[NH3+]CCO.[NH3+]CCO. The van der Waals surface area contributed by atoms with Gasteiger partial charge in [-0.2, -0.15) is 0 Å². The van der Waals surface area contributed by atoms with Gasteiger partial charge in [-0.15, -0.1) is 0 Å². The maximum atomic E-state index is 8.52. The van der Waals surface area contributed by atoms with Crippen molar-refractivity contribution in [1.29, 1.82) is 0 Å². The van der Waals surface area contributed by atoms with E-state index in [-0.39, 0.29) is 32.2 Å². The van der Waals surface area contributed by atoms with E-state index < -0.39 is 10.4 Å². The molecule has 0 spiro atoms. The van der Waals surface area contributed by atoms with Crippen LogP contribution in [0.3, 0.4) is 0 Å². The Hall–Kier alpha value is -0.0800. The van der Waals surface area contributed by atoms with E-state index in [1.165, 1.54) is 0 Å². The maximum Gasteiger partial charge on any atom is 0.0974 e. The van der Waals surface area contributed by atoms with Crippen molar-refractivity contribution in [2.24, 2.45) is 0 Å². The van der Waals surface area contributed by atoms with Crippen molar-refractivity contribution in [2.45, 2.75) is 0 Å². The summed E-state index contributed by atoms with van der Waals surface area (Å²) in [5.41, 5.74) is 10.1. The predicted octanol–water partition coefficient (Wildman–Crippen LogP) is -9.67. The highest BCUT2D eigenvalue weighted by Gasteiger charge is 1.61. The lowest BCUT2D eigenvalue weighted by Crippen LogP contribution is -3.00. The van der Waals surface area contributed by atoms with Gasteiger partial charge in [0.15, 0.2) is 0 Å². The molecule has 18 heavy (non-hydrogen) atoms. The van der Waals surface area contributed by atoms with Crippen LogP contribution in [0.1, 0.15) is 0 Å². The van der Waals surface area contributed by atoms with Crippen molar-refractivity contribution in [3.05, 3.63) is 0 Å². The third-order valence-electron chi connectivity index (χ3n) is 0.474. The van der Waals surface area contributed by atoms with Gasteiger partial charge in [0.25, 0.3) is 0 Å². The Morgan fingerprint density at radius 2 is 0.833 bits per heavy atom. The highest BCUT2D eigenvalue weighted by atomic mass is 35.5.